The quantitative estimate of drug-likeness (QED) is 0.700. The van der Waals surface area contributed by atoms with Crippen LogP contribution >= 0.6 is 27.5 Å². The maximum absolute atomic E-state index is 12.3. The van der Waals surface area contributed by atoms with Crippen molar-refractivity contribution in [2.45, 2.75) is 25.5 Å². The van der Waals surface area contributed by atoms with Crippen LogP contribution in [0.25, 0.3) is 0 Å². The van der Waals surface area contributed by atoms with Gasteiger partial charge in [-0.25, -0.2) is 0 Å². The van der Waals surface area contributed by atoms with E-state index in [1.54, 1.807) is 6.07 Å². The number of halogens is 2. The summed E-state index contributed by atoms with van der Waals surface area (Å²) in [5.41, 5.74) is 7.22. The number of hydrogen-bond donors (Lipinski definition) is 3. The van der Waals surface area contributed by atoms with E-state index in [2.05, 4.69) is 21.2 Å². The highest BCUT2D eigenvalue weighted by atomic mass is 79.9. The zero-order valence-electron chi connectivity index (χ0n) is 11.0. The maximum Gasteiger partial charge on any atom is 0.253 e. The van der Waals surface area contributed by atoms with Gasteiger partial charge in [0.1, 0.15) is 0 Å². The zero-order valence-corrected chi connectivity index (χ0v) is 13.3. The Morgan fingerprint density at radius 2 is 2.35 bits per heavy atom. The topological polar surface area (TPSA) is 84.6 Å². The molecule has 2 atom stereocenters. The molecule has 1 heterocycles. The molecule has 4 N–H and O–H groups in total. The van der Waals surface area contributed by atoms with Crippen molar-refractivity contribution >= 4 is 39.1 Å². The molecule has 0 radical (unpaired) electrons. The van der Waals surface area contributed by atoms with Gasteiger partial charge in [-0.1, -0.05) is 27.5 Å². The Balaban J connectivity index is 2.21. The van der Waals surface area contributed by atoms with Crippen LogP contribution in [0.3, 0.4) is 0 Å². The lowest BCUT2D eigenvalue weighted by Gasteiger charge is -2.28. The summed E-state index contributed by atoms with van der Waals surface area (Å²) in [4.78, 5) is 12.3. The summed E-state index contributed by atoms with van der Waals surface area (Å²) >= 11 is 9.45. The second-order valence-corrected chi connectivity index (χ2v) is 6.00. The van der Waals surface area contributed by atoms with E-state index < -0.39 is 6.10 Å². The fraction of sp³-hybridized carbons (Fsp3) is 0.462. The Morgan fingerprint density at radius 1 is 1.65 bits per heavy atom. The lowest BCUT2D eigenvalue weighted by atomic mass is 10.0. The molecule has 20 heavy (non-hydrogen) atoms. The largest absolute Gasteiger partial charge is 0.397 e. The van der Waals surface area contributed by atoms with Gasteiger partial charge >= 0.3 is 0 Å². The van der Waals surface area contributed by atoms with Crippen molar-refractivity contribution in [1.29, 1.82) is 0 Å². The number of amides is 1. The van der Waals surface area contributed by atoms with E-state index in [0.29, 0.717) is 23.6 Å². The van der Waals surface area contributed by atoms with Crippen molar-refractivity contribution in [2.75, 3.05) is 18.9 Å². The van der Waals surface area contributed by atoms with E-state index in [1.807, 2.05) is 6.92 Å². The molecule has 0 aromatic heterocycles. The predicted octanol–water partition coefficient (Wildman–Crippen LogP) is 1.87. The van der Waals surface area contributed by atoms with Crippen molar-refractivity contribution in [3.63, 3.8) is 0 Å². The maximum atomic E-state index is 12.3. The lowest BCUT2D eigenvalue weighted by Crippen LogP contribution is -2.48. The van der Waals surface area contributed by atoms with Crippen LogP contribution in [0.2, 0.25) is 5.02 Å². The zero-order chi connectivity index (χ0) is 14.9. The predicted molar refractivity (Wildman–Crippen MR) is 81.0 cm³/mol. The van der Waals surface area contributed by atoms with Crippen LogP contribution < -0.4 is 11.1 Å². The molecule has 2 rings (SSSR count). The highest BCUT2D eigenvalue weighted by Crippen LogP contribution is 2.32. The van der Waals surface area contributed by atoms with Gasteiger partial charge in [-0.2, -0.15) is 0 Å². The first-order valence-corrected chi connectivity index (χ1v) is 7.39. The SMILES string of the molecule is Cc1c(Br)cc(C(=O)N[C@H]2CCOC[C@@H]2O)c(N)c1Cl. The number of aliphatic hydroxyl groups excluding tert-OH is 1. The molecule has 0 bridgehead atoms. The van der Waals surface area contributed by atoms with E-state index in [1.165, 1.54) is 0 Å². The van der Waals surface area contributed by atoms with E-state index in [9.17, 15) is 9.90 Å². The van der Waals surface area contributed by atoms with E-state index >= 15 is 0 Å². The van der Waals surface area contributed by atoms with E-state index in [0.717, 1.165) is 10.0 Å². The van der Waals surface area contributed by atoms with Gasteiger partial charge in [0.15, 0.2) is 0 Å². The van der Waals surface area contributed by atoms with Gasteiger partial charge in [-0.3, -0.25) is 4.79 Å². The third-order valence-electron chi connectivity index (χ3n) is 3.37. The van der Waals surface area contributed by atoms with E-state index in [4.69, 9.17) is 22.1 Å². The standard InChI is InChI=1S/C13H16BrClN2O3/c1-6-8(14)4-7(12(16)11(6)15)13(19)17-9-2-3-20-5-10(9)18/h4,9-10,18H,2-3,5,16H2,1H3,(H,17,19)/t9-,10-/m0/s1. The molecule has 1 fully saturated rings. The summed E-state index contributed by atoms with van der Waals surface area (Å²) in [6, 6.07) is 1.30. The molecule has 0 aliphatic carbocycles. The minimum Gasteiger partial charge on any atom is -0.397 e. The van der Waals surface area contributed by atoms with Crippen LogP contribution in [0.5, 0.6) is 0 Å². The molecule has 110 valence electrons. The van der Waals surface area contributed by atoms with Crippen LogP contribution in [0.1, 0.15) is 22.3 Å². The summed E-state index contributed by atoms with van der Waals surface area (Å²) in [5, 5.41) is 12.9. The first-order valence-electron chi connectivity index (χ1n) is 6.22. The highest BCUT2D eigenvalue weighted by Gasteiger charge is 2.26. The molecule has 1 aliphatic rings. The Hall–Kier alpha value is -0.820. The molecule has 0 unspecified atom stereocenters. The number of nitrogens with two attached hydrogens (primary N) is 1. The Bertz CT molecular complexity index is 539. The molecule has 1 aliphatic heterocycles. The third-order valence-corrected chi connectivity index (χ3v) is 4.68. The second kappa shape index (κ2) is 6.30. The number of rotatable bonds is 2. The first-order chi connectivity index (χ1) is 9.41. The number of anilines is 1. The van der Waals surface area contributed by atoms with Crippen LogP contribution in [0.15, 0.2) is 10.5 Å². The molecule has 0 saturated carbocycles. The number of aliphatic hydroxyl groups is 1. The number of nitrogen functional groups attached to an aromatic ring is 1. The van der Waals surface area contributed by atoms with Gasteiger partial charge in [0.25, 0.3) is 5.91 Å². The number of ether oxygens (including phenoxy) is 1. The van der Waals surface area contributed by atoms with E-state index in [-0.39, 0.29) is 24.2 Å². The fourth-order valence-corrected chi connectivity index (χ4v) is 2.81. The van der Waals surface area contributed by atoms with Gasteiger partial charge < -0.3 is 20.9 Å². The number of hydrogen-bond acceptors (Lipinski definition) is 4. The number of benzene rings is 1. The average Bonchev–Trinajstić information content (AvgIpc) is 2.43. The Labute approximate surface area is 130 Å². The molecule has 7 heteroatoms. The minimum atomic E-state index is -0.710. The van der Waals surface area contributed by atoms with Crippen molar-refractivity contribution in [1.82, 2.24) is 5.32 Å². The summed E-state index contributed by atoms with van der Waals surface area (Å²) in [6.07, 6.45) is -0.147. The molecule has 1 amide bonds. The molecule has 5 nitrogen and oxygen atoms in total. The molecule has 1 saturated heterocycles. The smallest absolute Gasteiger partial charge is 0.253 e. The van der Waals surface area contributed by atoms with Gasteiger partial charge in [-0.05, 0) is 25.0 Å². The Kier molecular flexibility index (Phi) is 4.90. The van der Waals surface area contributed by atoms with Crippen molar-refractivity contribution in [2.24, 2.45) is 0 Å². The molecular formula is C13H16BrClN2O3. The van der Waals surface area contributed by atoms with Gasteiger partial charge in [0.05, 0.1) is 35.0 Å². The fourth-order valence-electron chi connectivity index (χ4n) is 2.06. The number of carbonyl (C=O) groups is 1. The highest BCUT2D eigenvalue weighted by molar-refractivity contribution is 9.10. The van der Waals surface area contributed by atoms with Crippen molar-refractivity contribution in [3.8, 4) is 0 Å². The van der Waals surface area contributed by atoms with Gasteiger partial charge in [0, 0.05) is 11.1 Å². The van der Waals surface area contributed by atoms with Gasteiger partial charge in [0.2, 0.25) is 0 Å². The van der Waals surface area contributed by atoms with Crippen LogP contribution in [-0.4, -0.2) is 36.4 Å². The van der Waals surface area contributed by atoms with Crippen LogP contribution in [0, 0.1) is 6.92 Å². The number of carbonyl (C=O) groups excluding carboxylic acids is 1. The second-order valence-electron chi connectivity index (χ2n) is 4.77. The summed E-state index contributed by atoms with van der Waals surface area (Å²) < 4.78 is 5.84. The van der Waals surface area contributed by atoms with Crippen LogP contribution in [-0.2, 0) is 4.74 Å². The monoisotopic (exact) mass is 362 g/mol. The summed E-state index contributed by atoms with van der Waals surface area (Å²) in [5.74, 6) is -0.351. The van der Waals surface area contributed by atoms with Gasteiger partial charge in [-0.15, -0.1) is 0 Å². The molecular weight excluding hydrogens is 348 g/mol. The average molecular weight is 364 g/mol. The molecule has 1 aromatic rings. The summed E-state index contributed by atoms with van der Waals surface area (Å²) in [7, 11) is 0. The van der Waals surface area contributed by atoms with Crippen LogP contribution in [0.4, 0.5) is 5.69 Å². The normalized spacial score (nSPS) is 22.6. The molecule has 1 aromatic carbocycles. The first kappa shape index (κ1) is 15.6. The lowest BCUT2D eigenvalue weighted by molar-refractivity contribution is -0.0260. The van der Waals surface area contributed by atoms with Crippen molar-refractivity contribution < 1.29 is 14.6 Å². The number of nitrogens with one attached hydrogen (secondary N) is 1. The molecule has 0 spiro atoms. The Morgan fingerprint density at radius 3 is 3.00 bits per heavy atom. The third kappa shape index (κ3) is 3.09. The minimum absolute atomic E-state index is 0.221. The summed E-state index contributed by atoms with van der Waals surface area (Å²) in [6.45, 7) is 2.54. The van der Waals surface area contributed by atoms with Crippen molar-refractivity contribution in [3.05, 3.63) is 26.7 Å².